The Bertz CT molecular complexity index is 860. The van der Waals surface area contributed by atoms with Crippen molar-refractivity contribution in [2.75, 3.05) is 14.1 Å². The van der Waals surface area contributed by atoms with Gasteiger partial charge in [-0.15, -0.1) is 0 Å². The highest BCUT2D eigenvalue weighted by Crippen LogP contribution is 2.22. The molecule has 1 amide bonds. The fraction of sp³-hybridized carbons (Fsp3) is 0.211. The van der Waals surface area contributed by atoms with Gasteiger partial charge in [0.25, 0.3) is 0 Å². The van der Waals surface area contributed by atoms with E-state index in [9.17, 15) is 22.4 Å². The van der Waals surface area contributed by atoms with E-state index in [1.54, 1.807) is 50.6 Å². The van der Waals surface area contributed by atoms with Gasteiger partial charge < -0.3 is 10.0 Å². The quantitative estimate of drug-likeness (QED) is 0.627. The van der Waals surface area contributed by atoms with E-state index in [0.29, 0.717) is 11.3 Å². The number of rotatable bonds is 3. The molecule has 5 nitrogen and oxygen atoms in total. The molecule has 0 bridgehead atoms. The number of aromatic nitrogens is 1. The number of nitrogens with zero attached hydrogens (tertiary/aromatic N) is 2. The van der Waals surface area contributed by atoms with Gasteiger partial charge in [0, 0.05) is 31.9 Å². The predicted octanol–water partition coefficient (Wildman–Crippen LogP) is 4.01. The lowest BCUT2D eigenvalue weighted by molar-refractivity contribution is -0.192. The molecule has 0 saturated carbocycles. The van der Waals surface area contributed by atoms with E-state index in [1.807, 2.05) is 13.0 Å². The van der Waals surface area contributed by atoms with Crippen molar-refractivity contribution in [3.05, 3.63) is 60.1 Å². The van der Waals surface area contributed by atoms with Crippen molar-refractivity contribution < 1.29 is 32.3 Å². The summed E-state index contributed by atoms with van der Waals surface area (Å²) in [6, 6.07) is 10.1. The van der Waals surface area contributed by atoms with Crippen LogP contribution in [0.5, 0.6) is 0 Å². The molecule has 0 spiro atoms. The van der Waals surface area contributed by atoms with Gasteiger partial charge in [-0.3, -0.25) is 9.78 Å². The van der Waals surface area contributed by atoms with Crippen LogP contribution in [-0.4, -0.2) is 47.1 Å². The molecule has 1 heterocycles. The molecule has 0 atom stereocenters. The monoisotopic (exact) mass is 398 g/mol. The fourth-order valence-corrected chi connectivity index (χ4v) is 1.85. The highest BCUT2D eigenvalue weighted by Gasteiger charge is 2.38. The van der Waals surface area contributed by atoms with Crippen molar-refractivity contribution in [2.45, 2.75) is 13.1 Å². The summed E-state index contributed by atoms with van der Waals surface area (Å²) in [5.41, 5.74) is 2.70. The third kappa shape index (κ3) is 6.82. The van der Waals surface area contributed by atoms with Crippen molar-refractivity contribution in [3.63, 3.8) is 0 Å². The molecule has 2 rings (SSSR count). The maximum atomic E-state index is 13.7. The van der Waals surface area contributed by atoms with E-state index >= 15 is 0 Å². The number of halogens is 4. The van der Waals surface area contributed by atoms with Crippen LogP contribution in [0, 0.1) is 5.82 Å². The number of alkyl halides is 3. The number of pyridine rings is 1. The summed E-state index contributed by atoms with van der Waals surface area (Å²) in [4.78, 5) is 26.3. The Labute approximate surface area is 158 Å². The number of amides is 1. The lowest BCUT2D eigenvalue weighted by Gasteiger charge is -2.08. The van der Waals surface area contributed by atoms with Gasteiger partial charge in [0.05, 0.1) is 5.69 Å². The Balaban J connectivity index is 0.000000480. The summed E-state index contributed by atoms with van der Waals surface area (Å²) in [5.74, 6) is -3.13. The lowest BCUT2D eigenvalue weighted by Crippen LogP contribution is -2.21. The Kier molecular flexibility index (Phi) is 7.85. The van der Waals surface area contributed by atoms with Gasteiger partial charge in [-0.05, 0) is 36.3 Å². The summed E-state index contributed by atoms with van der Waals surface area (Å²) in [7, 11) is 3.40. The third-order valence-electron chi connectivity index (χ3n) is 3.39. The smallest absolute Gasteiger partial charge is 0.475 e. The second-order valence-corrected chi connectivity index (χ2v) is 5.77. The Morgan fingerprint density at radius 1 is 1.11 bits per heavy atom. The zero-order valence-electron chi connectivity index (χ0n) is 15.3. The molecule has 2 aromatic rings. The van der Waals surface area contributed by atoms with Crippen molar-refractivity contribution in [1.29, 1.82) is 0 Å². The number of carboxylic acids is 1. The van der Waals surface area contributed by atoms with Crippen molar-refractivity contribution in [3.8, 4) is 11.3 Å². The summed E-state index contributed by atoms with van der Waals surface area (Å²) >= 11 is 0. The Morgan fingerprint density at radius 2 is 1.68 bits per heavy atom. The molecule has 1 aromatic heterocycles. The summed E-state index contributed by atoms with van der Waals surface area (Å²) in [6.07, 6.45) is -1.88. The van der Waals surface area contributed by atoms with Crippen LogP contribution in [-0.2, 0) is 9.59 Å². The van der Waals surface area contributed by atoms with Crippen molar-refractivity contribution in [2.24, 2.45) is 0 Å². The zero-order valence-corrected chi connectivity index (χ0v) is 15.3. The van der Waals surface area contributed by atoms with Crippen LogP contribution in [0.4, 0.5) is 17.6 Å². The third-order valence-corrected chi connectivity index (χ3v) is 3.39. The molecular formula is C19H18F4N2O3. The lowest BCUT2D eigenvalue weighted by atomic mass is 10.1. The van der Waals surface area contributed by atoms with E-state index in [1.165, 1.54) is 11.0 Å². The molecule has 150 valence electrons. The van der Waals surface area contributed by atoms with E-state index < -0.39 is 12.1 Å². The number of carbonyl (C=O) groups is 2. The van der Waals surface area contributed by atoms with Crippen LogP contribution in [0.15, 0.2) is 48.7 Å². The minimum Gasteiger partial charge on any atom is -0.475 e. The van der Waals surface area contributed by atoms with Gasteiger partial charge in [0.1, 0.15) is 5.82 Å². The highest BCUT2D eigenvalue weighted by molar-refractivity contribution is 5.94. The summed E-state index contributed by atoms with van der Waals surface area (Å²) < 4.78 is 45.4. The minimum absolute atomic E-state index is 0.0781. The predicted molar refractivity (Wildman–Crippen MR) is 95.7 cm³/mol. The number of aliphatic carboxylic acids is 1. The highest BCUT2D eigenvalue weighted by atomic mass is 19.4. The SMILES string of the molecule is CC(=CC(=O)N(C)C)c1ccc(-c2ccccc2F)nc1.O=C(O)C(F)(F)F. The number of carboxylic acid groups (broad SMARTS) is 1. The second-order valence-electron chi connectivity index (χ2n) is 5.77. The van der Waals surface area contributed by atoms with Gasteiger partial charge in [-0.2, -0.15) is 13.2 Å². The fourth-order valence-electron chi connectivity index (χ4n) is 1.85. The molecule has 0 radical (unpaired) electrons. The van der Waals surface area contributed by atoms with Crippen molar-refractivity contribution in [1.82, 2.24) is 9.88 Å². The number of carbonyl (C=O) groups excluding carboxylic acids is 1. The molecule has 0 aliphatic carbocycles. The van der Waals surface area contributed by atoms with Crippen LogP contribution in [0.3, 0.4) is 0 Å². The van der Waals surface area contributed by atoms with Crippen LogP contribution >= 0.6 is 0 Å². The molecule has 0 saturated heterocycles. The first-order valence-electron chi connectivity index (χ1n) is 7.84. The first-order chi connectivity index (χ1) is 12.9. The average molecular weight is 398 g/mol. The number of hydrogen-bond donors (Lipinski definition) is 1. The molecule has 9 heteroatoms. The maximum absolute atomic E-state index is 13.7. The molecule has 0 unspecified atom stereocenters. The Morgan fingerprint density at radius 3 is 2.11 bits per heavy atom. The second kappa shape index (κ2) is 9.63. The van der Waals surface area contributed by atoms with Crippen LogP contribution in [0.25, 0.3) is 16.8 Å². The molecule has 28 heavy (non-hydrogen) atoms. The van der Waals surface area contributed by atoms with Gasteiger partial charge in [0.2, 0.25) is 5.91 Å². The minimum atomic E-state index is -5.08. The van der Waals surface area contributed by atoms with Gasteiger partial charge in [-0.1, -0.05) is 18.2 Å². The normalized spacial score (nSPS) is 11.3. The summed E-state index contributed by atoms with van der Waals surface area (Å²) in [6.45, 7) is 1.85. The molecule has 1 aromatic carbocycles. The first kappa shape index (κ1) is 22.8. The zero-order chi connectivity index (χ0) is 21.5. The largest absolute Gasteiger partial charge is 0.490 e. The number of benzene rings is 1. The van der Waals surface area contributed by atoms with Crippen molar-refractivity contribution >= 4 is 17.4 Å². The van der Waals surface area contributed by atoms with E-state index in [4.69, 9.17) is 9.90 Å². The van der Waals surface area contributed by atoms with Crippen LogP contribution in [0.1, 0.15) is 12.5 Å². The van der Waals surface area contributed by atoms with E-state index in [2.05, 4.69) is 4.98 Å². The van der Waals surface area contributed by atoms with Crippen LogP contribution in [0.2, 0.25) is 0 Å². The maximum Gasteiger partial charge on any atom is 0.490 e. The van der Waals surface area contributed by atoms with E-state index in [0.717, 1.165) is 11.1 Å². The molecular weight excluding hydrogens is 380 g/mol. The molecule has 0 fully saturated rings. The standard InChI is InChI=1S/C17H17FN2O.C2HF3O2/c1-12(10-17(21)20(2)3)13-8-9-16(19-11-13)14-6-4-5-7-15(14)18;3-2(4,5)1(6)7/h4-11H,1-3H3;(H,6,7). The summed E-state index contributed by atoms with van der Waals surface area (Å²) in [5, 5.41) is 7.12. The number of allylic oxidation sites excluding steroid dienone is 1. The van der Waals surface area contributed by atoms with Crippen LogP contribution < -0.4 is 0 Å². The molecule has 0 aliphatic rings. The first-order valence-corrected chi connectivity index (χ1v) is 7.84. The number of hydrogen-bond acceptors (Lipinski definition) is 3. The van der Waals surface area contributed by atoms with Gasteiger partial charge in [0.15, 0.2) is 0 Å². The number of likely N-dealkylation sites (N-methyl/N-ethyl adjacent to an activating group) is 1. The van der Waals surface area contributed by atoms with Gasteiger partial charge >= 0.3 is 12.1 Å². The Hall–Kier alpha value is -3.23. The van der Waals surface area contributed by atoms with Gasteiger partial charge in [-0.25, -0.2) is 9.18 Å². The molecule has 0 aliphatic heterocycles. The average Bonchev–Trinajstić information content (AvgIpc) is 2.62. The van der Waals surface area contributed by atoms with E-state index in [-0.39, 0.29) is 11.7 Å². The topological polar surface area (TPSA) is 70.5 Å². The molecule has 1 N–H and O–H groups in total.